The Bertz CT molecular complexity index is 976. The summed E-state index contributed by atoms with van der Waals surface area (Å²) in [6.45, 7) is 5.01. The number of carbonyl (C=O) groups excluding carboxylic acids is 1. The van der Waals surface area contributed by atoms with Crippen molar-refractivity contribution >= 4 is 22.5 Å². The van der Waals surface area contributed by atoms with E-state index in [1.165, 1.54) is 0 Å². The molecule has 5 heteroatoms. The fourth-order valence-corrected chi connectivity index (χ4v) is 2.81. The number of nitrogens with zero attached hydrogens (tertiary/aromatic N) is 1. The van der Waals surface area contributed by atoms with Crippen molar-refractivity contribution in [1.82, 2.24) is 4.57 Å². The van der Waals surface area contributed by atoms with Crippen LogP contribution >= 0.6 is 0 Å². The molecule has 128 valence electrons. The molecule has 25 heavy (non-hydrogen) atoms. The van der Waals surface area contributed by atoms with Crippen molar-refractivity contribution in [1.29, 1.82) is 0 Å². The second-order valence-electron chi connectivity index (χ2n) is 5.56. The van der Waals surface area contributed by atoms with Gasteiger partial charge in [-0.15, -0.1) is 0 Å². The van der Waals surface area contributed by atoms with Crippen molar-refractivity contribution in [3.63, 3.8) is 0 Å². The second kappa shape index (κ2) is 7.21. The Kier molecular flexibility index (Phi) is 4.84. The first-order valence-electron chi connectivity index (χ1n) is 8.31. The first kappa shape index (κ1) is 16.8. The van der Waals surface area contributed by atoms with Crippen LogP contribution in [0.1, 0.15) is 24.2 Å². The fourth-order valence-electron chi connectivity index (χ4n) is 2.81. The summed E-state index contributed by atoms with van der Waals surface area (Å²) in [5.74, 6) is 0.139. The molecule has 3 rings (SSSR count). The third-order valence-corrected chi connectivity index (χ3v) is 4.01. The summed E-state index contributed by atoms with van der Waals surface area (Å²) in [7, 11) is 0. The first-order valence-corrected chi connectivity index (χ1v) is 8.31. The highest BCUT2D eigenvalue weighted by molar-refractivity contribution is 6.06. The molecule has 0 saturated heterocycles. The van der Waals surface area contributed by atoms with E-state index in [1.807, 2.05) is 42.7 Å². The van der Waals surface area contributed by atoms with Crippen LogP contribution in [0.3, 0.4) is 0 Å². The predicted molar refractivity (Wildman–Crippen MR) is 99.4 cm³/mol. The van der Waals surface area contributed by atoms with Gasteiger partial charge in [-0.1, -0.05) is 24.3 Å². The van der Waals surface area contributed by atoms with Crippen molar-refractivity contribution in [3.8, 4) is 5.75 Å². The minimum absolute atomic E-state index is 0.117. The Hall–Kier alpha value is -3.08. The van der Waals surface area contributed by atoms with Crippen LogP contribution in [0, 0.1) is 0 Å². The Morgan fingerprint density at radius 3 is 2.56 bits per heavy atom. The number of aromatic nitrogens is 1. The van der Waals surface area contributed by atoms with Crippen LogP contribution in [0.15, 0.2) is 59.5 Å². The van der Waals surface area contributed by atoms with E-state index in [0.29, 0.717) is 30.0 Å². The molecule has 1 heterocycles. The topological polar surface area (TPSA) is 60.3 Å². The van der Waals surface area contributed by atoms with Gasteiger partial charge in [0.1, 0.15) is 11.3 Å². The zero-order chi connectivity index (χ0) is 17.8. The number of pyridine rings is 1. The number of fused-ring (bicyclic) bond motifs is 1. The van der Waals surface area contributed by atoms with Crippen molar-refractivity contribution in [2.24, 2.45) is 0 Å². The maximum Gasteiger partial charge on any atom is 0.261 e. The number of aryl methyl sites for hydroxylation is 1. The van der Waals surface area contributed by atoms with Gasteiger partial charge in [-0.25, -0.2) is 0 Å². The van der Waals surface area contributed by atoms with E-state index in [0.717, 1.165) is 5.52 Å². The van der Waals surface area contributed by atoms with Crippen molar-refractivity contribution in [3.05, 3.63) is 70.5 Å². The summed E-state index contributed by atoms with van der Waals surface area (Å²) in [6, 6.07) is 14.5. The van der Waals surface area contributed by atoms with Gasteiger partial charge in [0.2, 0.25) is 5.43 Å². The van der Waals surface area contributed by atoms with Gasteiger partial charge in [0.05, 0.1) is 17.8 Å². The Labute approximate surface area is 145 Å². The summed E-state index contributed by atoms with van der Waals surface area (Å²) < 4.78 is 7.42. The molecule has 5 nitrogen and oxygen atoms in total. The lowest BCUT2D eigenvalue weighted by atomic mass is 10.1. The highest BCUT2D eigenvalue weighted by Crippen LogP contribution is 2.24. The van der Waals surface area contributed by atoms with E-state index in [1.54, 1.807) is 30.5 Å². The Morgan fingerprint density at radius 2 is 1.80 bits per heavy atom. The number of hydrogen-bond donors (Lipinski definition) is 1. The number of ether oxygens (including phenoxy) is 1. The van der Waals surface area contributed by atoms with Gasteiger partial charge in [0.15, 0.2) is 0 Å². The molecule has 0 fully saturated rings. The lowest BCUT2D eigenvalue weighted by molar-refractivity contribution is 0.102. The molecule has 0 aliphatic heterocycles. The Balaban J connectivity index is 2.04. The molecule has 0 spiro atoms. The van der Waals surface area contributed by atoms with Gasteiger partial charge in [0.25, 0.3) is 5.91 Å². The van der Waals surface area contributed by atoms with Crippen LogP contribution in [0.25, 0.3) is 10.9 Å². The number of rotatable bonds is 5. The van der Waals surface area contributed by atoms with Gasteiger partial charge in [0, 0.05) is 18.1 Å². The van der Waals surface area contributed by atoms with Gasteiger partial charge in [-0.2, -0.15) is 0 Å². The SMILES string of the molecule is CCOc1ccccc1NC(=O)c1cn(CC)c2ccccc2c1=O. The van der Waals surface area contributed by atoms with Crippen LogP contribution < -0.4 is 15.5 Å². The van der Waals surface area contributed by atoms with Crippen molar-refractivity contribution in [2.75, 3.05) is 11.9 Å². The number of hydrogen-bond acceptors (Lipinski definition) is 3. The lowest BCUT2D eigenvalue weighted by Crippen LogP contribution is -2.24. The van der Waals surface area contributed by atoms with Gasteiger partial charge >= 0.3 is 0 Å². The molecule has 1 N–H and O–H groups in total. The molecule has 0 saturated carbocycles. The summed E-state index contributed by atoms with van der Waals surface area (Å²) in [6.07, 6.45) is 1.61. The zero-order valence-electron chi connectivity index (χ0n) is 14.3. The summed E-state index contributed by atoms with van der Waals surface area (Å²) in [4.78, 5) is 25.5. The quantitative estimate of drug-likeness (QED) is 0.773. The molecule has 3 aromatic rings. The lowest BCUT2D eigenvalue weighted by Gasteiger charge is -2.13. The molecule has 0 bridgehead atoms. The average molecular weight is 336 g/mol. The van der Waals surface area contributed by atoms with E-state index in [4.69, 9.17) is 4.74 Å². The zero-order valence-corrected chi connectivity index (χ0v) is 14.3. The molecular weight excluding hydrogens is 316 g/mol. The molecule has 2 aromatic carbocycles. The van der Waals surface area contributed by atoms with E-state index in [9.17, 15) is 9.59 Å². The molecule has 0 unspecified atom stereocenters. The smallest absolute Gasteiger partial charge is 0.261 e. The number of carbonyl (C=O) groups is 1. The third kappa shape index (κ3) is 3.26. The van der Waals surface area contributed by atoms with Crippen LogP contribution in [-0.2, 0) is 6.54 Å². The standard InChI is InChI=1S/C20H20N2O3/c1-3-22-13-15(19(23)14-9-5-7-11-17(14)22)20(24)21-16-10-6-8-12-18(16)25-4-2/h5-13H,3-4H2,1-2H3,(H,21,24). The largest absolute Gasteiger partial charge is 0.492 e. The fraction of sp³-hybridized carbons (Fsp3) is 0.200. The summed E-state index contributed by atoms with van der Waals surface area (Å²) in [5, 5.41) is 3.33. The summed E-state index contributed by atoms with van der Waals surface area (Å²) >= 11 is 0. The van der Waals surface area contributed by atoms with Crippen LogP contribution in [0.4, 0.5) is 5.69 Å². The van der Waals surface area contributed by atoms with E-state index >= 15 is 0 Å². The van der Waals surface area contributed by atoms with Crippen molar-refractivity contribution < 1.29 is 9.53 Å². The van der Waals surface area contributed by atoms with Crippen LogP contribution in [-0.4, -0.2) is 17.1 Å². The van der Waals surface area contributed by atoms with E-state index in [2.05, 4.69) is 5.32 Å². The molecule has 1 amide bonds. The number of anilines is 1. The maximum absolute atomic E-state index is 12.7. The number of benzene rings is 2. The van der Waals surface area contributed by atoms with E-state index < -0.39 is 5.91 Å². The number of amides is 1. The number of para-hydroxylation sites is 3. The average Bonchev–Trinajstić information content (AvgIpc) is 2.64. The molecule has 0 aliphatic rings. The van der Waals surface area contributed by atoms with Gasteiger partial charge in [-0.3, -0.25) is 9.59 Å². The first-order chi connectivity index (χ1) is 12.2. The molecular formula is C20H20N2O3. The molecule has 0 radical (unpaired) electrons. The third-order valence-electron chi connectivity index (χ3n) is 4.01. The van der Waals surface area contributed by atoms with Crippen LogP contribution in [0.5, 0.6) is 5.75 Å². The highest BCUT2D eigenvalue weighted by Gasteiger charge is 2.16. The molecule has 0 aliphatic carbocycles. The molecule has 0 atom stereocenters. The normalized spacial score (nSPS) is 10.6. The van der Waals surface area contributed by atoms with Gasteiger partial charge in [-0.05, 0) is 38.1 Å². The maximum atomic E-state index is 12.7. The summed E-state index contributed by atoms with van der Waals surface area (Å²) in [5.41, 5.74) is 1.21. The van der Waals surface area contributed by atoms with Crippen LogP contribution in [0.2, 0.25) is 0 Å². The molecule has 1 aromatic heterocycles. The predicted octanol–water partition coefficient (Wildman–Crippen LogP) is 3.67. The van der Waals surface area contributed by atoms with E-state index in [-0.39, 0.29) is 11.0 Å². The number of nitrogens with one attached hydrogen (secondary N) is 1. The monoisotopic (exact) mass is 336 g/mol. The minimum Gasteiger partial charge on any atom is -0.492 e. The highest BCUT2D eigenvalue weighted by atomic mass is 16.5. The van der Waals surface area contributed by atoms with Crippen molar-refractivity contribution in [2.45, 2.75) is 20.4 Å². The Morgan fingerprint density at radius 1 is 1.08 bits per heavy atom. The second-order valence-corrected chi connectivity index (χ2v) is 5.56. The minimum atomic E-state index is -0.440. The van der Waals surface area contributed by atoms with Gasteiger partial charge < -0.3 is 14.6 Å².